The number of aromatic nitrogens is 3. The van der Waals surface area contributed by atoms with E-state index in [2.05, 4.69) is 25.6 Å². The molecule has 7 nitrogen and oxygen atoms in total. The number of carbonyl (C=O) groups excluding carboxylic acids is 1. The summed E-state index contributed by atoms with van der Waals surface area (Å²) in [6.45, 7) is 1.60. The van der Waals surface area contributed by atoms with Gasteiger partial charge in [-0.3, -0.25) is 4.79 Å². The molecule has 0 spiro atoms. The van der Waals surface area contributed by atoms with Gasteiger partial charge in [-0.25, -0.2) is 9.97 Å². The Morgan fingerprint density at radius 1 is 1.33 bits per heavy atom. The highest BCUT2D eigenvalue weighted by Gasteiger charge is 2.37. The Labute approximate surface area is 154 Å². The van der Waals surface area contributed by atoms with Crippen molar-refractivity contribution in [2.45, 2.75) is 25.1 Å². The molecule has 0 aliphatic carbocycles. The Morgan fingerprint density at radius 3 is 2.74 bits per heavy atom. The van der Waals surface area contributed by atoms with E-state index in [1.165, 1.54) is 31.4 Å². The minimum absolute atomic E-state index is 0.0393. The Balaban J connectivity index is 2.02. The van der Waals surface area contributed by atoms with Crippen LogP contribution in [0.3, 0.4) is 0 Å². The molecule has 0 bridgehead atoms. The van der Waals surface area contributed by atoms with Crippen LogP contribution < -0.4 is 10.6 Å². The highest BCUT2D eigenvalue weighted by atomic mass is 19.4. The molecule has 3 heterocycles. The average molecular weight is 382 g/mol. The molecule has 1 saturated heterocycles. The summed E-state index contributed by atoms with van der Waals surface area (Å²) >= 11 is 0. The van der Waals surface area contributed by atoms with Gasteiger partial charge in [0.25, 0.3) is 5.91 Å². The summed E-state index contributed by atoms with van der Waals surface area (Å²) in [5.41, 5.74) is -1.10. The maximum Gasteiger partial charge on any atom is 0.419 e. The molecule has 2 aromatic heterocycles. The van der Waals surface area contributed by atoms with E-state index in [1.54, 1.807) is 0 Å². The SMILES string of the molecule is CN(C)C(=O)c1c[nH]cc1-c1nc(NC2CCCNC2)ncc1C(F)(F)F. The Bertz CT molecular complexity index is 811. The first-order valence-corrected chi connectivity index (χ1v) is 8.57. The second kappa shape index (κ2) is 7.55. The molecule has 146 valence electrons. The summed E-state index contributed by atoms with van der Waals surface area (Å²) in [7, 11) is 3.07. The van der Waals surface area contributed by atoms with Gasteiger partial charge in [0.1, 0.15) is 5.56 Å². The van der Waals surface area contributed by atoms with Gasteiger partial charge in [0, 0.05) is 50.8 Å². The molecule has 2 aromatic rings. The average Bonchev–Trinajstić information content (AvgIpc) is 3.10. The fourth-order valence-electron chi connectivity index (χ4n) is 3.00. The number of halogens is 3. The van der Waals surface area contributed by atoms with Crippen LogP contribution in [-0.4, -0.2) is 59.0 Å². The van der Waals surface area contributed by atoms with Crippen LogP contribution in [0.5, 0.6) is 0 Å². The smallest absolute Gasteiger partial charge is 0.366 e. The van der Waals surface area contributed by atoms with E-state index in [0.29, 0.717) is 6.54 Å². The van der Waals surface area contributed by atoms with Gasteiger partial charge in [0.05, 0.1) is 11.3 Å². The van der Waals surface area contributed by atoms with Crippen molar-refractivity contribution in [3.63, 3.8) is 0 Å². The van der Waals surface area contributed by atoms with E-state index in [9.17, 15) is 18.0 Å². The van der Waals surface area contributed by atoms with Crippen molar-refractivity contribution >= 4 is 11.9 Å². The zero-order valence-electron chi connectivity index (χ0n) is 15.0. The van der Waals surface area contributed by atoms with Gasteiger partial charge in [-0.15, -0.1) is 0 Å². The first kappa shape index (κ1) is 19.2. The number of piperidine rings is 1. The van der Waals surface area contributed by atoms with Crippen molar-refractivity contribution in [3.05, 3.63) is 29.7 Å². The Hall–Kier alpha value is -2.62. The van der Waals surface area contributed by atoms with Crippen LogP contribution in [0.25, 0.3) is 11.3 Å². The number of hydrogen-bond acceptors (Lipinski definition) is 5. The molecule has 0 aromatic carbocycles. The molecule has 1 fully saturated rings. The summed E-state index contributed by atoms with van der Waals surface area (Å²) in [5.74, 6) is -0.305. The number of anilines is 1. The molecule has 0 saturated carbocycles. The van der Waals surface area contributed by atoms with Crippen molar-refractivity contribution in [1.29, 1.82) is 0 Å². The third kappa shape index (κ3) is 4.21. The van der Waals surface area contributed by atoms with Crippen molar-refractivity contribution in [3.8, 4) is 11.3 Å². The number of nitrogens with zero attached hydrogens (tertiary/aromatic N) is 3. The summed E-state index contributed by atoms with van der Waals surface area (Å²) in [4.78, 5) is 24.3. The second-order valence-electron chi connectivity index (χ2n) is 6.62. The standard InChI is InChI=1S/C17H21F3N6O/c1-26(2)15(27)12-8-22-7-11(12)14-13(17(18,19)20)9-23-16(25-14)24-10-4-3-5-21-6-10/h7-10,21-22H,3-6H2,1-2H3,(H,23,24,25). The highest BCUT2D eigenvalue weighted by molar-refractivity contribution is 6.00. The molecule has 3 N–H and O–H groups in total. The topological polar surface area (TPSA) is 85.9 Å². The molecule has 1 atom stereocenters. The van der Waals surface area contributed by atoms with E-state index in [0.717, 1.165) is 25.6 Å². The third-order valence-corrected chi connectivity index (χ3v) is 4.36. The number of amides is 1. The number of rotatable bonds is 4. The second-order valence-corrected chi connectivity index (χ2v) is 6.62. The predicted octanol–water partition coefficient (Wildman–Crippen LogP) is 2.36. The number of H-pyrrole nitrogens is 1. The van der Waals surface area contributed by atoms with Crippen LogP contribution in [0, 0.1) is 0 Å². The first-order valence-electron chi connectivity index (χ1n) is 8.57. The van der Waals surface area contributed by atoms with E-state index < -0.39 is 17.6 Å². The fourth-order valence-corrected chi connectivity index (χ4v) is 3.00. The number of hydrogen-bond donors (Lipinski definition) is 3. The minimum atomic E-state index is -4.64. The van der Waals surface area contributed by atoms with Crippen LogP contribution in [0.1, 0.15) is 28.8 Å². The van der Waals surface area contributed by atoms with Gasteiger partial charge >= 0.3 is 6.18 Å². The number of aromatic amines is 1. The van der Waals surface area contributed by atoms with Gasteiger partial charge in [-0.1, -0.05) is 0 Å². The lowest BCUT2D eigenvalue weighted by Gasteiger charge is -2.24. The van der Waals surface area contributed by atoms with Gasteiger partial charge in [-0.2, -0.15) is 13.2 Å². The molecular formula is C17H21F3N6O. The van der Waals surface area contributed by atoms with Gasteiger partial charge in [-0.05, 0) is 19.4 Å². The van der Waals surface area contributed by atoms with Crippen molar-refractivity contribution in [1.82, 2.24) is 25.2 Å². The summed E-state index contributed by atoms with van der Waals surface area (Å²) in [5, 5.41) is 6.29. The lowest BCUT2D eigenvalue weighted by atomic mass is 10.0. The van der Waals surface area contributed by atoms with Crippen LogP contribution in [0.15, 0.2) is 18.6 Å². The summed E-state index contributed by atoms with van der Waals surface area (Å²) in [6.07, 6.45) is 0.678. The van der Waals surface area contributed by atoms with Gasteiger partial charge in [0.2, 0.25) is 5.95 Å². The maximum absolute atomic E-state index is 13.5. The molecule has 3 rings (SSSR count). The summed E-state index contributed by atoms with van der Waals surface area (Å²) in [6, 6.07) is 0.0393. The summed E-state index contributed by atoms with van der Waals surface area (Å²) < 4.78 is 40.5. The molecule has 10 heteroatoms. The monoisotopic (exact) mass is 382 g/mol. The zero-order valence-corrected chi connectivity index (χ0v) is 15.0. The lowest BCUT2D eigenvalue weighted by molar-refractivity contribution is -0.137. The quantitative estimate of drug-likeness (QED) is 0.756. The fraction of sp³-hybridized carbons (Fsp3) is 0.471. The van der Waals surface area contributed by atoms with Crippen LogP contribution in [-0.2, 0) is 6.18 Å². The number of nitrogens with one attached hydrogen (secondary N) is 3. The molecule has 1 amide bonds. The van der Waals surface area contributed by atoms with E-state index >= 15 is 0 Å². The highest BCUT2D eigenvalue weighted by Crippen LogP contribution is 2.37. The minimum Gasteiger partial charge on any atom is -0.366 e. The largest absolute Gasteiger partial charge is 0.419 e. The van der Waals surface area contributed by atoms with Gasteiger partial charge < -0.3 is 20.5 Å². The van der Waals surface area contributed by atoms with E-state index in [-0.39, 0.29) is 28.8 Å². The third-order valence-electron chi connectivity index (χ3n) is 4.36. The molecule has 27 heavy (non-hydrogen) atoms. The molecular weight excluding hydrogens is 361 g/mol. The molecule has 0 radical (unpaired) electrons. The Kier molecular flexibility index (Phi) is 5.36. The van der Waals surface area contributed by atoms with Crippen molar-refractivity contribution in [2.24, 2.45) is 0 Å². The normalized spacial score (nSPS) is 17.6. The van der Waals surface area contributed by atoms with Crippen LogP contribution in [0.2, 0.25) is 0 Å². The number of carbonyl (C=O) groups is 1. The van der Waals surface area contributed by atoms with Crippen molar-refractivity contribution in [2.75, 3.05) is 32.5 Å². The molecule has 1 aliphatic heterocycles. The van der Waals surface area contributed by atoms with Gasteiger partial charge in [0.15, 0.2) is 0 Å². The van der Waals surface area contributed by atoms with Crippen LogP contribution >= 0.6 is 0 Å². The number of alkyl halides is 3. The van der Waals surface area contributed by atoms with E-state index in [4.69, 9.17) is 0 Å². The maximum atomic E-state index is 13.5. The predicted molar refractivity (Wildman–Crippen MR) is 94.4 cm³/mol. The van der Waals surface area contributed by atoms with E-state index in [1.807, 2.05) is 0 Å². The molecule has 1 unspecified atom stereocenters. The molecule has 1 aliphatic rings. The lowest BCUT2D eigenvalue weighted by Crippen LogP contribution is -2.38. The van der Waals surface area contributed by atoms with Crippen LogP contribution in [0.4, 0.5) is 19.1 Å². The van der Waals surface area contributed by atoms with Crippen molar-refractivity contribution < 1.29 is 18.0 Å². The Morgan fingerprint density at radius 2 is 2.11 bits per heavy atom. The zero-order chi connectivity index (χ0) is 19.6. The first-order chi connectivity index (χ1) is 12.8.